The Balaban J connectivity index is 0.000000469. The maximum Gasteiger partial charge on any atom is 0.414 e. The zero-order valence-electron chi connectivity index (χ0n) is 17.6. The van der Waals surface area contributed by atoms with Crippen LogP contribution in [-0.2, 0) is 22.6 Å². The van der Waals surface area contributed by atoms with Gasteiger partial charge in [-0.25, -0.2) is 9.59 Å². The van der Waals surface area contributed by atoms with Gasteiger partial charge in [-0.05, 0) is 70.2 Å². The topological polar surface area (TPSA) is 111 Å². The molecule has 0 radical (unpaired) electrons. The third kappa shape index (κ3) is 7.83. The van der Waals surface area contributed by atoms with Gasteiger partial charge in [0, 0.05) is 18.3 Å². The van der Waals surface area contributed by atoms with Crippen molar-refractivity contribution in [3.8, 4) is 0 Å². The Hall–Kier alpha value is -2.93. The van der Waals surface area contributed by atoms with Gasteiger partial charge in [0.25, 0.3) is 5.56 Å². The van der Waals surface area contributed by atoms with Crippen LogP contribution >= 0.6 is 0 Å². The Morgan fingerprint density at radius 3 is 2.20 bits per heavy atom. The van der Waals surface area contributed by atoms with Gasteiger partial charge in [-0.15, -0.1) is 0 Å². The van der Waals surface area contributed by atoms with Gasteiger partial charge in [-0.1, -0.05) is 35.4 Å². The zero-order valence-corrected chi connectivity index (χ0v) is 17.6. The van der Waals surface area contributed by atoms with Crippen molar-refractivity contribution in [2.24, 2.45) is 5.92 Å². The predicted octanol–water partition coefficient (Wildman–Crippen LogP) is 2.99. The Morgan fingerprint density at radius 2 is 1.67 bits per heavy atom. The zero-order chi connectivity index (χ0) is 22.1. The van der Waals surface area contributed by atoms with Crippen LogP contribution in [0.1, 0.15) is 41.5 Å². The highest BCUT2D eigenvalue weighted by molar-refractivity contribution is 6.27. The smallest absolute Gasteiger partial charge is 0.414 e. The quantitative estimate of drug-likeness (QED) is 0.649. The highest BCUT2D eigenvalue weighted by Crippen LogP contribution is 2.23. The maximum absolute atomic E-state index is 11.8. The van der Waals surface area contributed by atoms with Crippen LogP contribution in [0.5, 0.6) is 0 Å². The summed E-state index contributed by atoms with van der Waals surface area (Å²) < 4.78 is 0. The predicted molar refractivity (Wildman–Crippen MR) is 115 cm³/mol. The number of likely N-dealkylation sites (tertiary alicyclic amines) is 1. The Bertz CT molecular complexity index is 882. The molecular formula is C23H30N2O5. The number of rotatable bonds is 5. The van der Waals surface area contributed by atoms with Crippen molar-refractivity contribution in [2.45, 2.75) is 46.1 Å². The standard InChI is InChI=1S/C21H28N2O.C2H2O4/c1-16-12-17(2)14-19(13-16)6-5-18-7-10-23(11-8-18)15-20-4-3-9-22-21(20)24;3-1(4)2(5)6/h3-4,9,12-14,18H,5-8,10-11,15H2,1-2H3,(H,22,24);(H,3,4)(H,5,6). The number of benzene rings is 1. The first-order valence-corrected chi connectivity index (χ1v) is 10.2. The van der Waals surface area contributed by atoms with Crippen LogP contribution in [0.25, 0.3) is 0 Å². The van der Waals surface area contributed by atoms with Crippen LogP contribution in [-0.4, -0.2) is 45.1 Å². The number of H-pyrrole nitrogens is 1. The lowest BCUT2D eigenvalue weighted by molar-refractivity contribution is -0.159. The summed E-state index contributed by atoms with van der Waals surface area (Å²) in [7, 11) is 0. The van der Waals surface area contributed by atoms with Gasteiger partial charge in [0.05, 0.1) is 0 Å². The lowest BCUT2D eigenvalue weighted by atomic mass is 9.90. The monoisotopic (exact) mass is 414 g/mol. The van der Waals surface area contributed by atoms with Gasteiger partial charge in [-0.2, -0.15) is 0 Å². The van der Waals surface area contributed by atoms with Crippen molar-refractivity contribution in [1.82, 2.24) is 9.88 Å². The number of carboxylic acid groups (broad SMARTS) is 2. The van der Waals surface area contributed by atoms with Crippen molar-refractivity contribution < 1.29 is 19.8 Å². The van der Waals surface area contributed by atoms with Crippen molar-refractivity contribution in [3.05, 3.63) is 69.1 Å². The van der Waals surface area contributed by atoms with E-state index in [1.54, 1.807) is 6.20 Å². The van der Waals surface area contributed by atoms with Gasteiger partial charge < -0.3 is 15.2 Å². The van der Waals surface area contributed by atoms with Gasteiger partial charge >= 0.3 is 11.9 Å². The fourth-order valence-corrected chi connectivity index (χ4v) is 3.84. The molecule has 3 rings (SSSR count). The summed E-state index contributed by atoms with van der Waals surface area (Å²) in [6.45, 7) is 7.35. The molecule has 1 aliphatic heterocycles. The number of piperidine rings is 1. The summed E-state index contributed by atoms with van der Waals surface area (Å²) in [6, 6.07) is 10.7. The summed E-state index contributed by atoms with van der Waals surface area (Å²) in [5.74, 6) is -2.83. The van der Waals surface area contributed by atoms with Gasteiger partial charge in [-0.3, -0.25) is 9.69 Å². The van der Waals surface area contributed by atoms with Crippen LogP contribution < -0.4 is 5.56 Å². The van der Waals surface area contributed by atoms with Crippen molar-refractivity contribution in [2.75, 3.05) is 13.1 Å². The molecule has 0 spiro atoms. The average molecular weight is 415 g/mol. The minimum atomic E-state index is -1.82. The van der Waals surface area contributed by atoms with E-state index in [9.17, 15) is 4.79 Å². The molecule has 0 amide bonds. The van der Waals surface area contributed by atoms with Crippen molar-refractivity contribution >= 4 is 11.9 Å². The SMILES string of the molecule is Cc1cc(C)cc(CCC2CCN(Cc3ccc[nH]c3=O)CC2)c1.O=C(O)C(=O)O. The molecule has 1 aliphatic rings. The third-order valence-corrected chi connectivity index (χ3v) is 5.31. The van der Waals surface area contributed by atoms with Gasteiger partial charge in [0.2, 0.25) is 0 Å². The van der Waals surface area contributed by atoms with E-state index >= 15 is 0 Å². The second-order valence-electron chi connectivity index (χ2n) is 7.89. The molecule has 7 heteroatoms. The molecule has 0 saturated carbocycles. The molecule has 7 nitrogen and oxygen atoms in total. The lowest BCUT2D eigenvalue weighted by Gasteiger charge is -2.31. The summed E-state index contributed by atoms with van der Waals surface area (Å²) in [5, 5.41) is 14.8. The second kappa shape index (κ2) is 11.3. The molecule has 1 saturated heterocycles. The highest BCUT2D eigenvalue weighted by Gasteiger charge is 2.19. The highest BCUT2D eigenvalue weighted by atomic mass is 16.4. The van der Waals surface area contributed by atoms with Crippen molar-refractivity contribution in [3.63, 3.8) is 0 Å². The minimum Gasteiger partial charge on any atom is -0.473 e. The molecule has 3 N–H and O–H groups in total. The minimum absolute atomic E-state index is 0.0504. The molecule has 2 aromatic rings. The number of nitrogens with zero attached hydrogens (tertiary/aromatic N) is 1. The number of aromatic amines is 1. The first-order chi connectivity index (χ1) is 14.2. The normalized spacial score (nSPS) is 14.6. The molecule has 0 unspecified atom stereocenters. The fourth-order valence-electron chi connectivity index (χ4n) is 3.84. The number of nitrogens with one attached hydrogen (secondary N) is 1. The molecule has 30 heavy (non-hydrogen) atoms. The van der Waals surface area contributed by atoms with Gasteiger partial charge in [0.1, 0.15) is 0 Å². The van der Waals surface area contributed by atoms with E-state index in [2.05, 4.69) is 41.9 Å². The first kappa shape index (κ1) is 23.3. The van der Waals surface area contributed by atoms with Crippen LogP contribution in [0, 0.1) is 19.8 Å². The number of hydrogen-bond acceptors (Lipinski definition) is 4. The van der Waals surface area contributed by atoms with E-state index in [1.807, 2.05) is 12.1 Å². The van der Waals surface area contributed by atoms with E-state index < -0.39 is 11.9 Å². The molecular weight excluding hydrogens is 384 g/mol. The number of hydrogen-bond donors (Lipinski definition) is 3. The Labute approximate surface area is 176 Å². The Kier molecular flexibility index (Phi) is 8.80. The summed E-state index contributed by atoms with van der Waals surface area (Å²) in [5.41, 5.74) is 5.15. The van der Waals surface area contributed by atoms with Crippen LogP contribution in [0.15, 0.2) is 41.3 Å². The fraction of sp³-hybridized carbons (Fsp3) is 0.435. The summed E-state index contributed by atoms with van der Waals surface area (Å²) >= 11 is 0. The number of carboxylic acids is 2. The first-order valence-electron chi connectivity index (χ1n) is 10.2. The maximum atomic E-state index is 11.8. The van der Waals surface area contributed by atoms with E-state index in [1.165, 1.54) is 42.4 Å². The number of aliphatic carboxylic acids is 2. The second-order valence-corrected chi connectivity index (χ2v) is 7.89. The average Bonchev–Trinajstić information content (AvgIpc) is 2.69. The van der Waals surface area contributed by atoms with Crippen LogP contribution in [0.2, 0.25) is 0 Å². The van der Waals surface area contributed by atoms with E-state index in [0.717, 1.165) is 31.1 Å². The van der Waals surface area contributed by atoms with Gasteiger partial charge in [0.15, 0.2) is 0 Å². The number of pyridine rings is 1. The molecule has 1 fully saturated rings. The van der Waals surface area contributed by atoms with Crippen LogP contribution in [0.3, 0.4) is 0 Å². The van der Waals surface area contributed by atoms with Crippen LogP contribution in [0.4, 0.5) is 0 Å². The van der Waals surface area contributed by atoms with E-state index in [0.29, 0.717) is 0 Å². The molecule has 0 atom stereocenters. The van der Waals surface area contributed by atoms with Crippen molar-refractivity contribution in [1.29, 1.82) is 0 Å². The number of aryl methyl sites for hydroxylation is 3. The molecule has 1 aromatic carbocycles. The Morgan fingerprint density at radius 1 is 1.07 bits per heavy atom. The number of aromatic nitrogens is 1. The number of carbonyl (C=O) groups is 2. The summed E-state index contributed by atoms with van der Waals surface area (Å²) in [4.78, 5) is 35.2. The molecule has 0 bridgehead atoms. The lowest BCUT2D eigenvalue weighted by Crippen LogP contribution is -2.34. The van der Waals surface area contributed by atoms with E-state index in [4.69, 9.17) is 19.8 Å². The third-order valence-electron chi connectivity index (χ3n) is 5.31. The van der Waals surface area contributed by atoms with E-state index in [-0.39, 0.29) is 5.56 Å². The molecule has 162 valence electrons. The summed E-state index contributed by atoms with van der Waals surface area (Å²) in [6.07, 6.45) is 6.66. The molecule has 2 heterocycles. The molecule has 0 aliphatic carbocycles. The largest absolute Gasteiger partial charge is 0.473 e. The molecule has 1 aromatic heterocycles.